The standard InChI is InChI=1S/C38H45N7O5S/c1-25-9-6-10-26(2)36(25)33-19-35-42-38(41-33)43-51(47,48)32-14-7-13-29(18-32)37(46)45(31(24-50-35)17-28-12-8-16-49-23-28)22-30-20-39-21-34(40-30)44-15-5-4-11-27(44)3/h6-7,9-10,13-14,18-21,27-28,31H,4-5,8,11-12,15-17,22-24H2,1-3H3,(H,41,42,43)/t27-,28-,31-/m1/s1. The zero-order valence-electron chi connectivity index (χ0n) is 29.4. The largest absolute Gasteiger partial charge is 0.475 e. The maximum atomic E-state index is 14.7. The van der Waals surface area contributed by atoms with Crippen molar-refractivity contribution in [3.8, 4) is 17.1 Å². The number of carbonyl (C=O) groups is 1. The summed E-state index contributed by atoms with van der Waals surface area (Å²) < 4.78 is 42.4. The fraction of sp³-hybridized carbons (Fsp3) is 0.447. The predicted octanol–water partition coefficient (Wildman–Crippen LogP) is 5.95. The summed E-state index contributed by atoms with van der Waals surface area (Å²) in [5, 5.41) is 0. The van der Waals surface area contributed by atoms with Crippen molar-refractivity contribution in [2.45, 2.75) is 82.8 Å². The van der Waals surface area contributed by atoms with Gasteiger partial charge in [-0.2, -0.15) is 4.98 Å². The minimum atomic E-state index is -4.18. The van der Waals surface area contributed by atoms with Gasteiger partial charge in [0.1, 0.15) is 12.4 Å². The Bertz CT molecular complexity index is 1980. The Morgan fingerprint density at radius 3 is 2.55 bits per heavy atom. The van der Waals surface area contributed by atoms with Gasteiger partial charge in [-0.3, -0.25) is 9.78 Å². The number of fused-ring (bicyclic) bond motifs is 4. The number of aryl methyl sites for hydroxylation is 2. The van der Waals surface area contributed by atoms with E-state index in [0.29, 0.717) is 30.5 Å². The van der Waals surface area contributed by atoms with Crippen LogP contribution in [0, 0.1) is 19.8 Å². The highest BCUT2D eigenvalue weighted by Crippen LogP contribution is 2.31. The molecule has 0 spiro atoms. The topological polar surface area (TPSA) is 140 Å². The lowest BCUT2D eigenvalue weighted by Gasteiger charge is -2.36. The van der Waals surface area contributed by atoms with Crippen LogP contribution in [-0.2, 0) is 21.3 Å². The first kappa shape index (κ1) is 34.8. The fourth-order valence-electron chi connectivity index (χ4n) is 7.47. The van der Waals surface area contributed by atoms with Crippen molar-refractivity contribution < 1.29 is 22.7 Å². The van der Waals surface area contributed by atoms with Crippen LogP contribution in [0.3, 0.4) is 0 Å². The second kappa shape index (κ2) is 14.9. The molecule has 2 saturated heterocycles. The monoisotopic (exact) mass is 711 g/mol. The van der Waals surface area contributed by atoms with Gasteiger partial charge in [-0.1, -0.05) is 24.3 Å². The minimum absolute atomic E-state index is 0.0748. The van der Waals surface area contributed by atoms with Crippen molar-refractivity contribution in [2.24, 2.45) is 5.92 Å². The van der Waals surface area contributed by atoms with Gasteiger partial charge in [-0.25, -0.2) is 23.1 Å². The van der Waals surface area contributed by atoms with E-state index in [0.717, 1.165) is 61.3 Å². The number of rotatable bonds is 6. The quantitative estimate of drug-likeness (QED) is 0.255. The third-order valence-corrected chi connectivity index (χ3v) is 11.5. The molecule has 2 fully saturated rings. The van der Waals surface area contributed by atoms with E-state index in [-0.39, 0.29) is 47.3 Å². The number of carbonyl (C=O) groups excluding carboxylic acids is 1. The van der Waals surface area contributed by atoms with Crippen LogP contribution < -0.4 is 14.4 Å². The Labute approximate surface area is 299 Å². The number of amides is 1. The SMILES string of the molecule is Cc1cccc(C)c1-c1cc2nc(n1)NS(=O)(=O)c1cccc(c1)C(=O)N(Cc1cncc(N3CCCC[C@H]3C)n1)[C@H](C[C@H]1CCCOC1)CO2. The summed E-state index contributed by atoms with van der Waals surface area (Å²) in [6, 6.07) is 13.7. The lowest BCUT2D eigenvalue weighted by atomic mass is 9.93. The van der Waals surface area contributed by atoms with Gasteiger partial charge in [0.05, 0.1) is 41.3 Å². The van der Waals surface area contributed by atoms with Gasteiger partial charge in [0, 0.05) is 43.0 Å². The summed E-state index contributed by atoms with van der Waals surface area (Å²) >= 11 is 0. The third-order valence-electron chi connectivity index (χ3n) is 10.1. The highest BCUT2D eigenvalue weighted by atomic mass is 32.2. The summed E-state index contributed by atoms with van der Waals surface area (Å²) in [5.41, 5.74) is 4.23. The van der Waals surface area contributed by atoms with Gasteiger partial charge in [0.15, 0.2) is 0 Å². The summed E-state index contributed by atoms with van der Waals surface area (Å²) in [4.78, 5) is 37.3. The lowest BCUT2D eigenvalue weighted by molar-refractivity contribution is 0.0250. The van der Waals surface area contributed by atoms with E-state index in [2.05, 4.69) is 31.5 Å². The molecule has 1 N–H and O–H groups in total. The predicted molar refractivity (Wildman–Crippen MR) is 194 cm³/mol. The number of ether oxygens (including phenoxy) is 2. The van der Waals surface area contributed by atoms with Crippen LogP contribution in [0.2, 0.25) is 0 Å². The number of sulfonamides is 1. The summed E-state index contributed by atoms with van der Waals surface area (Å²) in [7, 11) is -4.18. The van der Waals surface area contributed by atoms with E-state index in [1.165, 1.54) is 18.6 Å². The molecule has 0 unspecified atom stereocenters. The van der Waals surface area contributed by atoms with Crippen molar-refractivity contribution in [2.75, 3.05) is 36.0 Å². The molecule has 12 nitrogen and oxygen atoms in total. The maximum Gasteiger partial charge on any atom is 0.264 e. The van der Waals surface area contributed by atoms with Gasteiger partial charge in [-0.05, 0) is 94.5 Å². The van der Waals surface area contributed by atoms with E-state index in [1.807, 2.05) is 32.0 Å². The molecule has 4 aromatic rings. The average molecular weight is 712 g/mol. The fourth-order valence-corrected chi connectivity index (χ4v) is 8.46. The second-order valence-corrected chi connectivity index (χ2v) is 15.6. The number of nitrogens with one attached hydrogen (secondary N) is 1. The van der Waals surface area contributed by atoms with Crippen molar-refractivity contribution >= 4 is 27.7 Å². The van der Waals surface area contributed by atoms with E-state index in [4.69, 9.17) is 14.5 Å². The minimum Gasteiger partial charge on any atom is -0.475 e. The molecule has 0 saturated carbocycles. The molecule has 1 amide bonds. The molecule has 51 heavy (non-hydrogen) atoms. The molecule has 3 atom stereocenters. The maximum absolute atomic E-state index is 14.7. The Morgan fingerprint density at radius 1 is 0.941 bits per heavy atom. The van der Waals surface area contributed by atoms with E-state index in [1.54, 1.807) is 35.5 Å². The number of benzene rings is 2. The number of hydrogen-bond acceptors (Lipinski definition) is 10. The van der Waals surface area contributed by atoms with Crippen molar-refractivity contribution in [1.82, 2.24) is 24.8 Å². The number of piperidine rings is 1. The molecule has 268 valence electrons. The van der Waals surface area contributed by atoms with Gasteiger partial charge >= 0.3 is 0 Å². The Morgan fingerprint density at radius 2 is 1.76 bits per heavy atom. The summed E-state index contributed by atoms with van der Waals surface area (Å²) in [6.07, 6.45) is 9.36. The third kappa shape index (κ3) is 7.84. The molecule has 0 aliphatic carbocycles. The van der Waals surface area contributed by atoms with Crippen LogP contribution in [0.25, 0.3) is 11.3 Å². The Kier molecular flexibility index (Phi) is 10.2. The Balaban J connectivity index is 1.32. The molecule has 5 heterocycles. The molecular formula is C38H45N7O5S. The van der Waals surface area contributed by atoms with E-state index >= 15 is 0 Å². The zero-order valence-corrected chi connectivity index (χ0v) is 30.2. The van der Waals surface area contributed by atoms with Crippen LogP contribution in [-0.4, -0.2) is 77.6 Å². The highest BCUT2D eigenvalue weighted by Gasteiger charge is 2.32. The van der Waals surface area contributed by atoms with Gasteiger partial charge in [0.2, 0.25) is 11.8 Å². The second-order valence-electron chi connectivity index (χ2n) is 13.9. The first-order valence-electron chi connectivity index (χ1n) is 17.8. The molecule has 3 aliphatic rings. The van der Waals surface area contributed by atoms with Crippen molar-refractivity contribution in [1.29, 1.82) is 0 Å². The first-order chi connectivity index (χ1) is 24.6. The number of hydrogen-bond donors (Lipinski definition) is 1. The number of nitrogens with zero attached hydrogens (tertiary/aromatic N) is 6. The number of anilines is 2. The van der Waals surface area contributed by atoms with E-state index < -0.39 is 16.1 Å². The van der Waals surface area contributed by atoms with Crippen LogP contribution in [0.1, 0.15) is 72.6 Å². The molecule has 13 heteroatoms. The zero-order chi connectivity index (χ0) is 35.5. The van der Waals surface area contributed by atoms with E-state index in [9.17, 15) is 13.2 Å². The van der Waals surface area contributed by atoms with Crippen LogP contribution in [0.5, 0.6) is 5.88 Å². The summed E-state index contributed by atoms with van der Waals surface area (Å²) in [6.45, 7) is 8.64. The van der Waals surface area contributed by atoms with Crippen molar-refractivity contribution in [3.63, 3.8) is 0 Å². The molecule has 2 aromatic heterocycles. The summed E-state index contributed by atoms with van der Waals surface area (Å²) in [5.74, 6) is 0.741. The average Bonchev–Trinajstić information content (AvgIpc) is 3.12. The van der Waals surface area contributed by atoms with Crippen LogP contribution in [0.15, 0.2) is 65.8 Å². The van der Waals surface area contributed by atoms with Crippen molar-refractivity contribution in [3.05, 3.63) is 83.3 Å². The smallest absolute Gasteiger partial charge is 0.264 e. The Hall–Kier alpha value is -4.62. The van der Waals surface area contributed by atoms with Crippen LogP contribution >= 0.6 is 0 Å². The van der Waals surface area contributed by atoms with Crippen LogP contribution in [0.4, 0.5) is 11.8 Å². The molecular weight excluding hydrogens is 667 g/mol. The molecule has 0 radical (unpaired) electrons. The molecule has 7 rings (SSSR count). The lowest BCUT2D eigenvalue weighted by Crippen LogP contribution is -2.45. The molecule has 3 aliphatic heterocycles. The molecule has 2 aromatic carbocycles. The highest BCUT2D eigenvalue weighted by molar-refractivity contribution is 7.92. The molecule has 4 bridgehead atoms. The number of aromatic nitrogens is 4. The normalized spacial score (nSPS) is 22.2. The van der Waals surface area contributed by atoms with Gasteiger partial charge < -0.3 is 19.3 Å². The van der Waals surface area contributed by atoms with Gasteiger partial charge in [-0.15, -0.1) is 0 Å². The first-order valence-corrected chi connectivity index (χ1v) is 19.3. The van der Waals surface area contributed by atoms with Gasteiger partial charge in [0.25, 0.3) is 15.9 Å².